The first kappa shape index (κ1) is 17.2. The number of hydrogen-bond acceptors (Lipinski definition) is 3. The summed E-state index contributed by atoms with van der Waals surface area (Å²) in [6.07, 6.45) is -0.114. The van der Waals surface area contributed by atoms with Crippen LogP contribution in [0.25, 0.3) is 0 Å². The lowest BCUT2D eigenvalue weighted by molar-refractivity contribution is -0.138. The zero-order valence-corrected chi connectivity index (χ0v) is 12.0. The lowest BCUT2D eigenvalue weighted by atomic mass is 10.2. The molecule has 3 amide bonds. The second-order valence-electron chi connectivity index (χ2n) is 4.20. The van der Waals surface area contributed by atoms with E-state index in [1.807, 2.05) is 0 Å². The second kappa shape index (κ2) is 8.34. The van der Waals surface area contributed by atoms with Crippen molar-refractivity contribution in [2.24, 2.45) is 0 Å². The highest BCUT2D eigenvalue weighted by atomic mass is 16.4. The molecule has 0 aliphatic heterocycles. The highest BCUT2D eigenvalue weighted by molar-refractivity contribution is 5.84. The maximum Gasteiger partial charge on any atom is 0.320 e. The fraction of sp³-hybridized carbons (Fsp3) is 0.750. The quantitative estimate of drug-likeness (QED) is 0.700. The van der Waals surface area contributed by atoms with E-state index < -0.39 is 12.0 Å². The van der Waals surface area contributed by atoms with Crippen molar-refractivity contribution < 1.29 is 19.5 Å². The third-order valence-corrected chi connectivity index (χ3v) is 2.85. The predicted octanol–water partition coefficient (Wildman–Crippen LogP) is 0.359. The maximum atomic E-state index is 12.3. The fourth-order valence-corrected chi connectivity index (χ4v) is 1.75. The van der Waals surface area contributed by atoms with Crippen LogP contribution >= 0.6 is 0 Å². The number of carboxylic acids is 1. The summed E-state index contributed by atoms with van der Waals surface area (Å²) in [5.74, 6) is -1.20. The van der Waals surface area contributed by atoms with Crippen molar-refractivity contribution in [2.45, 2.75) is 33.2 Å². The Balaban J connectivity index is 4.78. The Morgan fingerprint density at radius 1 is 1.21 bits per heavy atom. The lowest BCUT2D eigenvalue weighted by Crippen LogP contribution is -2.50. The number of nitrogens with one attached hydrogen (secondary N) is 1. The minimum Gasteiger partial charge on any atom is -0.481 e. The molecule has 0 aromatic carbocycles. The smallest absolute Gasteiger partial charge is 0.320 e. The zero-order valence-electron chi connectivity index (χ0n) is 12.0. The molecule has 0 aliphatic carbocycles. The van der Waals surface area contributed by atoms with Gasteiger partial charge >= 0.3 is 12.0 Å². The van der Waals surface area contributed by atoms with Crippen molar-refractivity contribution in [1.29, 1.82) is 0 Å². The molecule has 1 unspecified atom stereocenters. The van der Waals surface area contributed by atoms with E-state index in [-0.39, 0.29) is 24.9 Å². The Labute approximate surface area is 113 Å². The Hall–Kier alpha value is -1.79. The van der Waals surface area contributed by atoms with Crippen LogP contribution in [-0.2, 0) is 9.59 Å². The Morgan fingerprint density at radius 2 is 1.79 bits per heavy atom. The van der Waals surface area contributed by atoms with Gasteiger partial charge in [-0.3, -0.25) is 9.59 Å². The summed E-state index contributed by atoms with van der Waals surface area (Å²) >= 11 is 0. The summed E-state index contributed by atoms with van der Waals surface area (Å²) < 4.78 is 0. The van der Waals surface area contributed by atoms with Crippen LogP contribution in [0.15, 0.2) is 0 Å². The molecule has 110 valence electrons. The van der Waals surface area contributed by atoms with Crippen LogP contribution in [0.1, 0.15) is 27.2 Å². The van der Waals surface area contributed by atoms with Gasteiger partial charge in [0.2, 0.25) is 5.91 Å². The number of amides is 3. The SMILES string of the molecule is CCN(CC(=O)NC)C(=O)N(CC)C(C)CC(=O)O. The predicted molar refractivity (Wildman–Crippen MR) is 70.8 cm³/mol. The number of aliphatic carboxylic acids is 1. The molecule has 0 saturated carbocycles. The van der Waals surface area contributed by atoms with Gasteiger partial charge in [-0.25, -0.2) is 4.79 Å². The molecule has 0 saturated heterocycles. The molecule has 0 spiro atoms. The van der Waals surface area contributed by atoms with E-state index in [2.05, 4.69) is 5.32 Å². The number of carbonyl (C=O) groups excluding carboxylic acids is 2. The van der Waals surface area contributed by atoms with Gasteiger partial charge in [-0.2, -0.15) is 0 Å². The van der Waals surface area contributed by atoms with E-state index in [4.69, 9.17) is 5.11 Å². The summed E-state index contributed by atoms with van der Waals surface area (Å²) in [7, 11) is 1.51. The number of hydrogen-bond donors (Lipinski definition) is 2. The Bertz CT molecular complexity index is 333. The molecule has 7 nitrogen and oxygen atoms in total. The number of carbonyl (C=O) groups is 3. The minimum atomic E-state index is -0.951. The highest BCUT2D eigenvalue weighted by Crippen LogP contribution is 2.08. The van der Waals surface area contributed by atoms with Gasteiger partial charge in [-0.1, -0.05) is 0 Å². The zero-order chi connectivity index (χ0) is 15.0. The molecule has 2 N–H and O–H groups in total. The summed E-state index contributed by atoms with van der Waals surface area (Å²) in [6, 6.07) is -0.726. The fourth-order valence-electron chi connectivity index (χ4n) is 1.75. The van der Waals surface area contributed by atoms with Crippen molar-refractivity contribution in [3.8, 4) is 0 Å². The number of urea groups is 1. The van der Waals surface area contributed by atoms with E-state index >= 15 is 0 Å². The second-order valence-corrected chi connectivity index (χ2v) is 4.20. The Morgan fingerprint density at radius 3 is 2.16 bits per heavy atom. The molecular weight excluding hydrogens is 250 g/mol. The van der Waals surface area contributed by atoms with Crippen molar-refractivity contribution in [2.75, 3.05) is 26.7 Å². The molecule has 1 atom stereocenters. The van der Waals surface area contributed by atoms with Crippen LogP contribution in [0.3, 0.4) is 0 Å². The number of nitrogens with zero attached hydrogens (tertiary/aromatic N) is 2. The largest absolute Gasteiger partial charge is 0.481 e. The van der Waals surface area contributed by atoms with Crippen molar-refractivity contribution in [3.05, 3.63) is 0 Å². The van der Waals surface area contributed by atoms with Gasteiger partial charge in [0.05, 0.1) is 6.42 Å². The van der Waals surface area contributed by atoms with Gasteiger partial charge in [0.15, 0.2) is 0 Å². The molecule has 0 radical (unpaired) electrons. The van der Waals surface area contributed by atoms with Gasteiger partial charge in [0.25, 0.3) is 0 Å². The number of rotatable bonds is 7. The molecule has 0 heterocycles. The first-order valence-electron chi connectivity index (χ1n) is 6.35. The van der Waals surface area contributed by atoms with Gasteiger partial charge in [0.1, 0.15) is 6.54 Å². The first-order chi connectivity index (χ1) is 8.87. The summed E-state index contributed by atoms with van der Waals surface area (Å²) in [6.45, 7) is 6.01. The molecule has 0 bridgehead atoms. The molecule has 0 aromatic rings. The molecule has 0 fully saturated rings. The van der Waals surface area contributed by atoms with Crippen LogP contribution in [-0.4, -0.2) is 65.5 Å². The van der Waals surface area contributed by atoms with Crippen LogP contribution in [0.5, 0.6) is 0 Å². The normalized spacial score (nSPS) is 11.6. The molecule has 0 aromatic heterocycles. The standard InChI is InChI=1S/C12H23N3O4/c1-5-14(8-10(16)13-4)12(19)15(6-2)9(3)7-11(17)18/h9H,5-8H2,1-4H3,(H,13,16)(H,17,18). The van der Waals surface area contributed by atoms with Crippen LogP contribution < -0.4 is 5.32 Å². The van der Waals surface area contributed by atoms with Crippen LogP contribution in [0.4, 0.5) is 4.79 Å². The van der Waals surface area contributed by atoms with Gasteiger partial charge < -0.3 is 20.2 Å². The lowest BCUT2D eigenvalue weighted by Gasteiger charge is -2.32. The first-order valence-corrected chi connectivity index (χ1v) is 6.35. The third-order valence-electron chi connectivity index (χ3n) is 2.85. The van der Waals surface area contributed by atoms with E-state index in [9.17, 15) is 14.4 Å². The molecule has 19 heavy (non-hydrogen) atoms. The van der Waals surface area contributed by atoms with Crippen LogP contribution in [0.2, 0.25) is 0 Å². The summed E-state index contributed by atoms with van der Waals surface area (Å²) in [4.78, 5) is 37.1. The van der Waals surface area contributed by atoms with Gasteiger partial charge in [-0.05, 0) is 20.8 Å². The van der Waals surface area contributed by atoms with Gasteiger partial charge in [-0.15, -0.1) is 0 Å². The van der Waals surface area contributed by atoms with E-state index in [0.29, 0.717) is 13.1 Å². The molecular formula is C12H23N3O4. The van der Waals surface area contributed by atoms with E-state index in [1.54, 1.807) is 20.8 Å². The van der Waals surface area contributed by atoms with Gasteiger partial charge in [0, 0.05) is 26.2 Å². The van der Waals surface area contributed by atoms with Crippen LogP contribution in [0, 0.1) is 0 Å². The monoisotopic (exact) mass is 273 g/mol. The topological polar surface area (TPSA) is 90.0 Å². The maximum absolute atomic E-state index is 12.3. The van der Waals surface area contributed by atoms with Crippen molar-refractivity contribution in [1.82, 2.24) is 15.1 Å². The summed E-state index contributed by atoms with van der Waals surface area (Å²) in [5.41, 5.74) is 0. The molecule has 0 aliphatic rings. The highest BCUT2D eigenvalue weighted by Gasteiger charge is 2.25. The third kappa shape index (κ3) is 5.58. The van der Waals surface area contributed by atoms with E-state index in [1.165, 1.54) is 16.8 Å². The molecule has 7 heteroatoms. The Kier molecular flexibility index (Phi) is 7.55. The average Bonchev–Trinajstić information content (AvgIpc) is 2.35. The number of likely N-dealkylation sites (N-methyl/N-ethyl adjacent to an activating group) is 2. The van der Waals surface area contributed by atoms with Crippen molar-refractivity contribution in [3.63, 3.8) is 0 Å². The molecule has 0 rings (SSSR count). The number of carboxylic acid groups (broad SMARTS) is 1. The van der Waals surface area contributed by atoms with Crippen molar-refractivity contribution >= 4 is 17.9 Å². The average molecular weight is 273 g/mol. The van der Waals surface area contributed by atoms with E-state index in [0.717, 1.165) is 0 Å². The summed E-state index contributed by atoms with van der Waals surface area (Å²) in [5, 5.41) is 11.2. The minimum absolute atomic E-state index is 0.0257.